The molecule has 0 radical (unpaired) electrons. The Bertz CT molecular complexity index is 1020. The molecule has 3 heterocycles. The smallest absolute Gasteiger partial charge is 0.410 e. The minimum absolute atomic E-state index is 0.0399. The van der Waals surface area contributed by atoms with Gasteiger partial charge in [-0.3, -0.25) is 9.38 Å². The Morgan fingerprint density at radius 3 is 2.87 bits per heavy atom. The van der Waals surface area contributed by atoms with Crippen molar-refractivity contribution in [3.05, 3.63) is 54.1 Å². The lowest BCUT2D eigenvalue weighted by Crippen LogP contribution is -2.52. The van der Waals surface area contributed by atoms with Crippen LogP contribution in [0.15, 0.2) is 43.0 Å². The number of nitrogens with zero attached hydrogens (tertiary/aromatic N) is 5. The lowest BCUT2D eigenvalue weighted by molar-refractivity contribution is -0.101. The van der Waals surface area contributed by atoms with Crippen molar-refractivity contribution in [3.63, 3.8) is 0 Å². The highest BCUT2D eigenvalue weighted by Gasteiger charge is 2.46. The Kier molecular flexibility index (Phi) is 5.47. The molecule has 0 bridgehead atoms. The van der Waals surface area contributed by atoms with Crippen LogP contribution >= 0.6 is 0 Å². The SMILES string of the molecule is Cc1ccc(COC(=O)N2CCC(CNc3cncc4nncn34)C(F)(F)C2)cc1. The molecule has 1 aliphatic heterocycles. The number of aryl methyl sites for hydroxylation is 1. The minimum atomic E-state index is -3.04. The van der Waals surface area contributed by atoms with E-state index in [1.807, 2.05) is 31.2 Å². The molecule has 1 unspecified atom stereocenters. The fourth-order valence-corrected chi connectivity index (χ4v) is 3.43. The molecule has 1 fully saturated rings. The van der Waals surface area contributed by atoms with Crippen LogP contribution < -0.4 is 5.32 Å². The van der Waals surface area contributed by atoms with Gasteiger partial charge in [-0.2, -0.15) is 0 Å². The molecule has 1 aliphatic rings. The summed E-state index contributed by atoms with van der Waals surface area (Å²) in [6.07, 6.45) is 4.00. The van der Waals surface area contributed by atoms with Crippen LogP contribution in [-0.2, 0) is 11.3 Å². The van der Waals surface area contributed by atoms with Gasteiger partial charge in [0.2, 0.25) is 0 Å². The zero-order valence-electron chi connectivity index (χ0n) is 16.5. The Labute approximate surface area is 171 Å². The highest BCUT2D eigenvalue weighted by molar-refractivity contribution is 5.68. The number of amides is 1. The number of benzene rings is 1. The van der Waals surface area contributed by atoms with E-state index in [2.05, 4.69) is 20.5 Å². The molecule has 0 spiro atoms. The van der Waals surface area contributed by atoms with Crippen molar-refractivity contribution in [3.8, 4) is 0 Å². The monoisotopic (exact) mass is 416 g/mol. The number of halogens is 2. The number of aromatic nitrogens is 4. The molecule has 4 rings (SSSR count). The molecule has 8 nitrogen and oxygen atoms in total. The van der Waals surface area contributed by atoms with Gasteiger partial charge in [0.15, 0.2) is 5.65 Å². The van der Waals surface area contributed by atoms with Crippen molar-refractivity contribution < 1.29 is 18.3 Å². The number of rotatable bonds is 5. The van der Waals surface area contributed by atoms with E-state index in [4.69, 9.17) is 4.74 Å². The first-order valence-corrected chi connectivity index (χ1v) is 9.65. The number of piperidine rings is 1. The lowest BCUT2D eigenvalue weighted by atomic mass is 9.93. The molecule has 3 aromatic rings. The molecule has 1 aromatic carbocycles. The van der Waals surface area contributed by atoms with Crippen LogP contribution in [0.2, 0.25) is 0 Å². The highest BCUT2D eigenvalue weighted by atomic mass is 19.3. The lowest BCUT2D eigenvalue weighted by Gasteiger charge is -2.37. The summed E-state index contributed by atoms with van der Waals surface area (Å²) in [7, 11) is 0. The predicted molar refractivity (Wildman–Crippen MR) is 105 cm³/mol. The topological polar surface area (TPSA) is 84.6 Å². The summed E-state index contributed by atoms with van der Waals surface area (Å²) >= 11 is 0. The van der Waals surface area contributed by atoms with E-state index < -0.39 is 24.5 Å². The van der Waals surface area contributed by atoms with Gasteiger partial charge < -0.3 is 15.0 Å². The summed E-state index contributed by atoms with van der Waals surface area (Å²) in [5.41, 5.74) is 2.44. The average Bonchev–Trinajstić information content (AvgIpc) is 3.21. The van der Waals surface area contributed by atoms with Crippen molar-refractivity contribution in [1.82, 2.24) is 24.5 Å². The molecule has 2 aromatic heterocycles. The molecular weight excluding hydrogens is 394 g/mol. The van der Waals surface area contributed by atoms with E-state index in [0.29, 0.717) is 11.5 Å². The minimum Gasteiger partial charge on any atom is -0.445 e. The second-order valence-corrected chi connectivity index (χ2v) is 7.44. The number of ether oxygens (including phenoxy) is 1. The Morgan fingerprint density at radius 2 is 2.10 bits per heavy atom. The van der Waals surface area contributed by atoms with Gasteiger partial charge in [-0.15, -0.1) is 10.2 Å². The summed E-state index contributed by atoms with van der Waals surface area (Å²) in [5.74, 6) is -3.43. The zero-order valence-corrected chi connectivity index (χ0v) is 16.5. The third-order valence-corrected chi connectivity index (χ3v) is 5.24. The Hall–Kier alpha value is -3.30. The molecule has 0 aliphatic carbocycles. The van der Waals surface area contributed by atoms with Gasteiger partial charge in [0.05, 0.1) is 18.9 Å². The molecule has 1 saturated heterocycles. The first-order chi connectivity index (χ1) is 14.4. The molecule has 1 amide bonds. The third kappa shape index (κ3) is 4.32. The first kappa shape index (κ1) is 20.0. The van der Waals surface area contributed by atoms with E-state index in [-0.39, 0.29) is 26.1 Å². The average molecular weight is 416 g/mol. The van der Waals surface area contributed by atoms with Crippen molar-refractivity contribution >= 4 is 17.6 Å². The molecule has 10 heteroatoms. The van der Waals surface area contributed by atoms with Crippen molar-refractivity contribution in [2.45, 2.75) is 25.9 Å². The van der Waals surface area contributed by atoms with Crippen LogP contribution in [0.1, 0.15) is 17.5 Å². The van der Waals surface area contributed by atoms with Crippen molar-refractivity contribution in [2.75, 3.05) is 25.0 Å². The molecule has 1 atom stereocenters. The van der Waals surface area contributed by atoms with Crippen LogP contribution in [0.4, 0.5) is 19.4 Å². The molecule has 30 heavy (non-hydrogen) atoms. The van der Waals surface area contributed by atoms with Gasteiger partial charge in [-0.05, 0) is 18.9 Å². The zero-order chi connectivity index (χ0) is 21.1. The fraction of sp³-hybridized carbons (Fsp3) is 0.400. The van der Waals surface area contributed by atoms with E-state index >= 15 is 0 Å². The van der Waals surface area contributed by atoms with Crippen LogP contribution in [0.3, 0.4) is 0 Å². The number of hydrogen-bond acceptors (Lipinski definition) is 6. The predicted octanol–water partition coefficient (Wildman–Crippen LogP) is 3.14. The molecular formula is C20H22F2N6O2. The standard InChI is InChI=1S/C20H22F2N6O2/c1-14-2-4-15(5-3-14)11-30-19(29)27-7-6-16(20(21,22)12-27)8-24-17-9-23-10-18-26-25-13-28(17)18/h2-5,9-10,13,16,24H,6-8,11-12H2,1H3. The maximum atomic E-state index is 14.7. The van der Waals surface area contributed by atoms with Gasteiger partial charge in [0.25, 0.3) is 5.92 Å². The van der Waals surface area contributed by atoms with E-state index in [1.54, 1.807) is 4.40 Å². The van der Waals surface area contributed by atoms with E-state index in [0.717, 1.165) is 16.0 Å². The van der Waals surface area contributed by atoms with E-state index in [1.165, 1.54) is 18.7 Å². The fourth-order valence-electron chi connectivity index (χ4n) is 3.43. The summed E-state index contributed by atoms with van der Waals surface area (Å²) in [6.45, 7) is 1.60. The van der Waals surface area contributed by atoms with Crippen LogP contribution in [-0.4, -0.2) is 56.1 Å². The molecule has 0 saturated carbocycles. The molecule has 1 N–H and O–H groups in total. The summed E-state index contributed by atoms with van der Waals surface area (Å²) in [4.78, 5) is 17.4. The van der Waals surface area contributed by atoms with E-state index in [9.17, 15) is 13.6 Å². The number of likely N-dealkylation sites (tertiary alicyclic amines) is 1. The van der Waals surface area contributed by atoms with Gasteiger partial charge in [0, 0.05) is 19.0 Å². The number of nitrogens with one attached hydrogen (secondary N) is 1. The molecule has 158 valence electrons. The summed E-state index contributed by atoms with van der Waals surface area (Å²) in [6, 6.07) is 7.51. The highest BCUT2D eigenvalue weighted by Crippen LogP contribution is 2.33. The number of carbonyl (C=O) groups excluding carboxylic acids is 1. The number of fused-ring (bicyclic) bond motifs is 1. The second kappa shape index (κ2) is 8.21. The van der Waals surface area contributed by atoms with Crippen LogP contribution in [0.5, 0.6) is 0 Å². The number of hydrogen-bond donors (Lipinski definition) is 1. The largest absolute Gasteiger partial charge is 0.445 e. The third-order valence-electron chi connectivity index (χ3n) is 5.24. The quantitative estimate of drug-likeness (QED) is 0.688. The van der Waals surface area contributed by atoms with Gasteiger partial charge in [0.1, 0.15) is 18.8 Å². The first-order valence-electron chi connectivity index (χ1n) is 9.65. The maximum Gasteiger partial charge on any atom is 0.410 e. The normalized spacial score (nSPS) is 18.4. The Balaban J connectivity index is 1.32. The number of alkyl halides is 2. The van der Waals surface area contributed by atoms with Gasteiger partial charge >= 0.3 is 6.09 Å². The number of carbonyl (C=O) groups is 1. The maximum absolute atomic E-state index is 14.7. The van der Waals surface area contributed by atoms with Gasteiger partial charge in [-0.1, -0.05) is 29.8 Å². The second-order valence-electron chi connectivity index (χ2n) is 7.44. The Morgan fingerprint density at radius 1 is 1.30 bits per heavy atom. The van der Waals surface area contributed by atoms with Crippen LogP contribution in [0, 0.1) is 12.8 Å². The van der Waals surface area contributed by atoms with Gasteiger partial charge in [-0.25, -0.2) is 13.6 Å². The van der Waals surface area contributed by atoms with Crippen molar-refractivity contribution in [1.29, 1.82) is 0 Å². The summed E-state index contributed by atoms with van der Waals surface area (Å²) in [5, 5.41) is 10.7. The van der Waals surface area contributed by atoms with Crippen LogP contribution in [0.25, 0.3) is 5.65 Å². The number of anilines is 1. The summed E-state index contributed by atoms with van der Waals surface area (Å²) < 4.78 is 36.3. The van der Waals surface area contributed by atoms with Crippen molar-refractivity contribution in [2.24, 2.45) is 5.92 Å².